The van der Waals surface area contributed by atoms with E-state index in [1.807, 2.05) is 19.2 Å². The molecule has 0 aliphatic carbocycles. The maximum absolute atomic E-state index is 4.85. The number of anilines is 1. The summed E-state index contributed by atoms with van der Waals surface area (Å²) in [5, 5.41) is 7.97. The number of aryl methyl sites for hydroxylation is 1. The molecule has 1 fully saturated rings. The molecule has 0 radical (unpaired) electrons. The SMILES string of the molecule is Cc1nc(N2CCC(n3cccn3)CC2)c2c(CC(C)C)csc2n1. The first-order valence-corrected chi connectivity index (χ1v) is 9.98. The van der Waals surface area contributed by atoms with Crippen LogP contribution in [0.2, 0.25) is 0 Å². The standard InChI is InChI=1S/C19H25N5S/c1-13(2)11-15-12-25-19-17(15)18(21-14(3)22-19)23-9-5-16(6-10-23)24-8-4-7-20-24/h4,7-8,12-13,16H,5-6,9-11H2,1-3H3. The Labute approximate surface area is 152 Å². The Bertz CT molecular complexity index is 844. The van der Waals surface area contributed by atoms with Gasteiger partial charge < -0.3 is 4.90 Å². The second-order valence-electron chi connectivity index (χ2n) is 7.34. The van der Waals surface area contributed by atoms with Gasteiger partial charge in [-0.1, -0.05) is 13.8 Å². The lowest BCUT2D eigenvalue weighted by Gasteiger charge is -2.33. The molecule has 0 atom stereocenters. The van der Waals surface area contributed by atoms with E-state index in [4.69, 9.17) is 4.98 Å². The molecule has 4 rings (SSSR count). The van der Waals surface area contributed by atoms with Gasteiger partial charge in [0.1, 0.15) is 16.5 Å². The molecule has 0 N–H and O–H groups in total. The summed E-state index contributed by atoms with van der Waals surface area (Å²) < 4.78 is 2.10. The van der Waals surface area contributed by atoms with Crippen LogP contribution in [0.5, 0.6) is 0 Å². The Morgan fingerprint density at radius 1 is 1.24 bits per heavy atom. The van der Waals surface area contributed by atoms with Crippen LogP contribution >= 0.6 is 11.3 Å². The third kappa shape index (κ3) is 3.27. The first-order chi connectivity index (χ1) is 12.1. The van der Waals surface area contributed by atoms with Crippen molar-refractivity contribution in [2.45, 2.75) is 46.1 Å². The van der Waals surface area contributed by atoms with Crippen LogP contribution in [0, 0.1) is 12.8 Å². The van der Waals surface area contributed by atoms with Gasteiger partial charge in [0.05, 0.1) is 11.4 Å². The molecule has 0 spiro atoms. The summed E-state index contributed by atoms with van der Waals surface area (Å²) in [5.41, 5.74) is 1.40. The van der Waals surface area contributed by atoms with Crippen LogP contribution in [0.1, 0.15) is 44.1 Å². The molecular formula is C19H25N5S. The highest BCUT2D eigenvalue weighted by Gasteiger charge is 2.25. The van der Waals surface area contributed by atoms with Gasteiger partial charge >= 0.3 is 0 Å². The molecule has 5 nitrogen and oxygen atoms in total. The minimum atomic E-state index is 0.502. The number of hydrogen-bond donors (Lipinski definition) is 0. The first-order valence-electron chi connectivity index (χ1n) is 9.10. The molecule has 1 aliphatic rings. The van der Waals surface area contributed by atoms with Crippen LogP contribution in [0.4, 0.5) is 5.82 Å². The fraction of sp³-hybridized carbons (Fsp3) is 0.526. The van der Waals surface area contributed by atoms with Crippen LogP contribution in [0.15, 0.2) is 23.8 Å². The lowest BCUT2D eigenvalue weighted by Crippen LogP contribution is -2.35. The molecule has 1 saturated heterocycles. The van der Waals surface area contributed by atoms with Crippen molar-refractivity contribution in [1.82, 2.24) is 19.7 Å². The van der Waals surface area contributed by atoms with Gasteiger partial charge in [0.2, 0.25) is 0 Å². The molecule has 0 saturated carbocycles. The molecule has 3 aromatic heterocycles. The molecular weight excluding hydrogens is 330 g/mol. The Kier molecular flexibility index (Phi) is 4.46. The van der Waals surface area contributed by atoms with E-state index in [2.05, 4.69) is 45.1 Å². The molecule has 6 heteroatoms. The molecule has 0 unspecified atom stereocenters. The topological polar surface area (TPSA) is 46.8 Å². The largest absolute Gasteiger partial charge is 0.356 e. The molecule has 132 valence electrons. The van der Waals surface area contributed by atoms with Gasteiger partial charge in [-0.3, -0.25) is 4.68 Å². The van der Waals surface area contributed by atoms with Crippen molar-refractivity contribution in [1.29, 1.82) is 0 Å². The van der Waals surface area contributed by atoms with Crippen LogP contribution in [0.3, 0.4) is 0 Å². The van der Waals surface area contributed by atoms with E-state index in [-0.39, 0.29) is 0 Å². The third-order valence-electron chi connectivity index (χ3n) is 4.89. The molecule has 3 aromatic rings. The summed E-state index contributed by atoms with van der Waals surface area (Å²) in [6.07, 6.45) is 7.25. The molecule has 0 aromatic carbocycles. The van der Waals surface area contributed by atoms with E-state index in [0.717, 1.165) is 48.8 Å². The maximum atomic E-state index is 4.85. The van der Waals surface area contributed by atoms with Crippen LogP contribution in [0.25, 0.3) is 10.2 Å². The second kappa shape index (κ2) is 6.75. The summed E-state index contributed by atoms with van der Waals surface area (Å²) in [6.45, 7) is 8.59. The molecule has 4 heterocycles. The van der Waals surface area contributed by atoms with E-state index >= 15 is 0 Å². The number of aromatic nitrogens is 4. The number of thiophene rings is 1. The maximum Gasteiger partial charge on any atom is 0.141 e. The van der Waals surface area contributed by atoms with Crippen molar-refractivity contribution in [3.8, 4) is 0 Å². The predicted octanol–water partition coefficient (Wildman–Crippen LogP) is 4.24. The van der Waals surface area contributed by atoms with Gasteiger partial charge in [-0.25, -0.2) is 9.97 Å². The number of rotatable bonds is 4. The summed E-state index contributed by atoms with van der Waals surface area (Å²) >= 11 is 1.75. The first kappa shape index (κ1) is 16.5. The number of nitrogens with zero attached hydrogens (tertiary/aromatic N) is 5. The lowest BCUT2D eigenvalue weighted by atomic mass is 10.0. The van der Waals surface area contributed by atoms with Gasteiger partial charge in [-0.15, -0.1) is 11.3 Å². The van der Waals surface area contributed by atoms with Crippen molar-refractivity contribution in [2.75, 3.05) is 18.0 Å². The van der Waals surface area contributed by atoms with E-state index < -0.39 is 0 Å². The Morgan fingerprint density at radius 2 is 2.04 bits per heavy atom. The fourth-order valence-electron chi connectivity index (χ4n) is 3.74. The monoisotopic (exact) mass is 355 g/mol. The van der Waals surface area contributed by atoms with Gasteiger partial charge in [0.15, 0.2) is 0 Å². The number of piperidine rings is 1. The summed E-state index contributed by atoms with van der Waals surface area (Å²) in [7, 11) is 0. The average Bonchev–Trinajstić information content (AvgIpc) is 3.24. The summed E-state index contributed by atoms with van der Waals surface area (Å²) in [4.78, 5) is 13.1. The highest BCUT2D eigenvalue weighted by atomic mass is 32.1. The van der Waals surface area contributed by atoms with Crippen LogP contribution in [-0.2, 0) is 6.42 Å². The predicted molar refractivity (Wildman–Crippen MR) is 103 cm³/mol. The van der Waals surface area contributed by atoms with Crippen molar-refractivity contribution in [3.63, 3.8) is 0 Å². The Hall–Kier alpha value is -1.95. The number of hydrogen-bond acceptors (Lipinski definition) is 5. The summed E-state index contributed by atoms with van der Waals surface area (Å²) in [5.74, 6) is 2.64. The van der Waals surface area contributed by atoms with Crippen molar-refractivity contribution >= 4 is 27.4 Å². The van der Waals surface area contributed by atoms with Crippen molar-refractivity contribution in [3.05, 3.63) is 35.2 Å². The van der Waals surface area contributed by atoms with Gasteiger partial charge in [0, 0.05) is 25.5 Å². The van der Waals surface area contributed by atoms with E-state index in [1.54, 1.807) is 11.3 Å². The highest BCUT2D eigenvalue weighted by molar-refractivity contribution is 7.17. The second-order valence-corrected chi connectivity index (χ2v) is 8.20. The van der Waals surface area contributed by atoms with Crippen molar-refractivity contribution < 1.29 is 0 Å². The molecule has 1 aliphatic heterocycles. The zero-order chi connectivity index (χ0) is 17.4. The number of fused-ring (bicyclic) bond motifs is 1. The zero-order valence-corrected chi connectivity index (χ0v) is 16.0. The van der Waals surface area contributed by atoms with Crippen LogP contribution in [-0.4, -0.2) is 32.8 Å². The van der Waals surface area contributed by atoms with E-state index in [0.29, 0.717) is 12.0 Å². The highest BCUT2D eigenvalue weighted by Crippen LogP contribution is 2.35. The smallest absolute Gasteiger partial charge is 0.141 e. The van der Waals surface area contributed by atoms with Crippen LogP contribution < -0.4 is 4.90 Å². The van der Waals surface area contributed by atoms with E-state index in [1.165, 1.54) is 10.9 Å². The zero-order valence-electron chi connectivity index (χ0n) is 15.1. The molecule has 25 heavy (non-hydrogen) atoms. The van der Waals surface area contributed by atoms with E-state index in [9.17, 15) is 0 Å². The van der Waals surface area contributed by atoms with Crippen molar-refractivity contribution in [2.24, 2.45) is 5.92 Å². The average molecular weight is 356 g/mol. The molecule has 0 bridgehead atoms. The molecule has 0 amide bonds. The Morgan fingerprint density at radius 3 is 2.72 bits per heavy atom. The minimum Gasteiger partial charge on any atom is -0.356 e. The lowest BCUT2D eigenvalue weighted by molar-refractivity contribution is 0.366. The van der Waals surface area contributed by atoms with Gasteiger partial charge in [0.25, 0.3) is 0 Å². The minimum absolute atomic E-state index is 0.502. The Balaban J connectivity index is 1.63. The summed E-state index contributed by atoms with van der Waals surface area (Å²) in [6, 6.07) is 2.51. The normalized spacial score (nSPS) is 16.2. The fourth-order valence-corrected chi connectivity index (χ4v) is 4.74. The van der Waals surface area contributed by atoms with Gasteiger partial charge in [-0.2, -0.15) is 5.10 Å². The third-order valence-corrected chi connectivity index (χ3v) is 5.81. The quantitative estimate of drug-likeness (QED) is 0.702. The van der Waals surface area contributed by atoms with Gasteiger partial charge in [-0.05, 0) is 49.1 Å².